The monoisotopic (exact) mass is 283 g/mol. The van der Waals surface area contributed by atoms with Gasteiger partial charge in [0.2, 0.25) is 0 Å². The summed E-state index contributed by atoms with van der Waals surface area (Å²) in [6, 6.07) is 7.25. The number of fused-ring (bicyclic) bond motifs is 1. The molecule has 0 aliphatic rings. The fourth-order valence-electron chi connectivity index (χ4n) is 1.82. The van der Waals surface area contributed by atoms with E-state index >= 15 is 0 Å². The molecule has 2 heterocycles. The Balaban J connectivity index is 1.78. The fourth-order valence-corrected chi connectivity index (χ4v) is 1.82. The summed E-state index contributed by atoms with van der Waals surface area (Å²) in [6.07, 6.45) is 3.11. The van der Waals surface area contributed by atoms with E-state index in [1.807, 2.05) is 24.3 Å². The first kappa shape index (κ1) is 13.0. The lowest BCUT2D eigenvalue weighted by molar-refractivity contribution is 0.296. The van der Waals surface area contributed by atoms with Crippen LogP contribution in [0.25, 0.3) is 11.2 Å². The average Bonchev–Trinajstić information content (AvgIpc) is 2.53. The van der Waals surface area contributed by atoms with Crippen LogP contribution in [0.5, 0.6) is 11.5 Å². The molecule has 0 spiro atoms. The summed E-state index contributed by atoms with van der Waals surface area (Å²) in [6.45, 7) is 0.197. The molecule has 7 heteroatoms. The maximum atomic E-state index is 5.84. The summed E-state index contributed by atoms with van der Waals surface area (Å²) in [4.78, 5) is 16.6. The molecule has 0 saturated heterocycles. The van der Waals surface area contributed by atoms with Crippen molar-refractivity contribution >= 4 is 17.0 Å². The number of hydrogen-bond acceptors (Lipinski definition) is 7. The minimum Gasteiger partial charge on any atom is -0.497 e. The number of nitrogens with zero attached hydrogens (tertiary/aromatic N) is 4. The van der Waals surface area contributed by atoms with E-state index in [1.54, 1.807) is 19.5 Å². The van der Waals surface area contributed by atoms with Crippen molar-refractivity contribution in [3.05, 3.63) is 42.5 Å². The topological polar surface area (TPSA) is 96.0 Å². The van der Waals surface area contributed by atoms with Crippen LogP contribution in [0.2, 0.25) is 0 Å². The molecule has 0 atom stereocenters. The van der Waals surface area contributed by atoms with Gasteiger partial charge in [0.1, 0.15) is 23.6 Å². The third-order valence-electron chi connectivity index (χ3n) is 2.83. The Morgan fingerprint density at radius 3 is 2.48 bits per heavy atom. The second kappa shape index (κ2) is 5.58. The molecule has 0 unspecified atom stereocenters. The molecule has 0 radical (unpaired) electrons. The van der Waals surface area contributed by atoms with Crippen LogP contribution in [0.3, 0.4) is 0 Å². The SMILES string of the molecule is COc1ccc(OCc2nc(N)c3nccnc3n2)cc1. The van der Waals surface area contributed by atoms with Crippen LogP contribution < -0.4 is 15.2 Å². The zero-order chi connectivity index (χ0) is 14.7. The second-order valence-corrected chi connectivity index (χ2v) is 4.22. The van der Waals surface area contributed by atoms with Crippen molar-refractivity contribution in [2.24, 2.45) is 0 Å². The van der Waals surface area contributed by atoms with Gasteiger partial charge in [-0.2, -0.15) is 0 Å². The molecule has 0 bridgehead atoms. The van der Waals surface area contributed by atoms with Gasteiger partial charge in [-0.15, -0.1) is 0 Å². The second-order valence-electron chi connectivity index (χ2n) is 4.22. The molecule has 21 heavy (non-hydrogen) atoms. The van der Waals surface area contributed by atoms with E-state index in [-0.39, 0.29) is 6.61 Å². The number of benzene rings is 1. The van der Waals surface area contributed by atoms with Gasteiger partial charge in [-0.3, -0.25) is 0 Å². The minimum absolute atomic E-state index is 0.197. The standard InChI is InChI=1S/C14H13N5O2/c1-20-9-2-4-10(5-3-9)21-8-11-18-13(15)12-14(19-11)17-7-6-16-12/h2-7H,8H2,1H3,(H2,15,17,18,19). The lowest BCUT2D eigenvalue weighted by Crippen LogP contribution is -2.06. The van der Waals surface area contributed by atoms with Gasteiger partial charge in [-0.1, -0.05) is 0 Å². The Kier molecular flexibility index (Phi) is 3.46. The van der Waals surface area contributed by atoms with Crippen molar-refractivity contribution in [2.75, 3.05) is 12.8 Å². The highest BCUT2D eigenvalue weighted by Crippen LogP contribution is 2.18. The molecular formula is C14H13N5O2. The molecule has 3 rings (SSSR count). The van der Waals surface area contributed by atoms with Gasteiger partial charge >= 0.3 is 0 Å². The van der Waals surface area contributed by atoms with Gasteiger partial charge in [0.25, 0.3) is 0 Å². The van der Waals surface area contributed by atoms with Gasteiger partial charge in [0.15, 0.2) is 17.3 Å². The van der Waals surface area contributed by atoms with Gasteiger partial charge < -0.3 is 15.2 Å². The van der Waals surface area contributed by atoms with Crippen molar-refractivity contribution < 1.29 is 9.47 Å². The van der Waals surface area contributed by atoms with Crippen LogP contribution in [-0.4, -0.2) is 27.0 Å². The number of aromatic nitrogens is 4. The Bertz CT molecular complexity index is 761. The molecule has 0 saturated carbocycles. The number of methoxy groups -OCH3 is 1. The maximum Gasteiger partial charge on any atom is 0.183 e. The molecule has 106 valence electrons. The predicted molar refractivity (Wildman–Crippen MR) is 76.9 cm³/mol. The molecular weight excluding hydrogens is 270 g/mol. The quantitative estimate of drug-likeness (QED) is 0.776. The third kappa shape index (κ3) is 2.81. The highest BCUT2D eigenvalue weighted by Gasteiger charge is 2.07. The number of anilines is 1. The molecule has 1 aromatic carbocycles. The van der Waals surface area contributed by atoms with E-state index in [2.05, 4.69) is 19.9 Å². The lowest BCUT2D eigenvalue weighted by Gasteiger charge is -2.07. The van der Waals surface area contributed by atoms with Crippen LogP contribution >= 0.6 is 0 Å². The van der Waals surface area contributed by atoms with Crippen LogP contribution in [0.15, 0.2) is 36.7 Å². The van der Waals surface area contributed by atoms with Gasteiger partial charge in [-0.05, 0) is 24.3 Å². The van der Waals surface area contributed by atoms with Crippen LogP contribution in [0, 0.1) is 0 Å². The van der Waals surface area contributed by atoms with Crippen LogP contribution in [0.4, 0.5) is 5.82 Å². The molecule has 2 N–H and O–H groups in total. The predicted octanol–water partition coefficient (Wildman–Crippen LogP) is 1.59. The smallest absolute Gasteiger partial charge is 0.183 e. The number of nitrogen functional groups attached to an aromatic ring is 1. The molecule has 7 nitrogen and oxygen atoms in total. The van der Waals surface area contributed by atoms with E-state index in [9.17, 15) is 0 Å². The van der Waals surface area contributed by atoms with E-state index < -0.39 is 0 Å². The first-order valence-electron chi connectivity index (χ1n) is 6.26. The normalized spacial score (nSPS) is 10.5. The summed E-state index contributed by atoms with van der Waals surface area (Å²) in [5, 5.41) is 0. The summed E-state index contributed by atoms with van der Waals surface area (Å²) in [5.41, 5.74) is 6.79. The Hall–Kier alpha value is -2.96. The van der Waals surface area contributed by atoms with Gasteiger partial charge in [0.05, 0.1) is 7.11 Å². The summed E-state index contributed by atoms with van der Waals surface area (Å²) >= 11 is 0. The van der Waals surface area contributed by atoms with Crippen LogP contribution in [-0.2, 0) is 6.61 Å². The number of nitrogens with two attached hydrogens (primary N) is 1. The fraction of sp³-hybridized carbons (Fsp3) is 0.143. The Morgan fingerprint density at radius 1 is 1.00 bits per heavy atom. The van der Waals surface area contributed by atoms with E-state index in [1.165, 1.54) is 0 Å². The Morgan fingerprint density at radius 2 is 1.71 bits per heavy atom. The first-order valence-corrected chi connectivity index (χ1v) is 6.26. The molecule has 0 amide bonds. The lowest BCUT2D eigenvalue weighted by atomic mass is 10.3. The Labute approximate surface area is 120 Å². The highest BCUT2D eigenvalue weighted by atomic mass is 16.5. The molecule has 0 aliphatic heterocycles. The molecule has 0 fully saturated rings. The zero-order valence-electron chi connectivity index (χ0n) is 11.4. The van der Waals surface area contributed by atoms with Gasteiger partial charge in [-0.25, -0.2) is 19.9 Å². The van der Waals surface area contributed by atoms with E-state index in [0.717, 1.165) is 5.75 Å². The van der Waals surface area contributed by atoms with Crippen LogP contribution in [0.1, 0.15) is 5.82 Å². The molecule has 0 aliphatic carbocycles. The molecule has 3 aromatic rings. The van der Waals surface area contributed by atoms with Crippen molar-refractivity contribution in [1.29, 1.82) is 0 Å². The zero-order valence-corrected chi connectivity index (χ0v) is 11.4. The average molecular weight is 283 g/mol. The number of hydrogen-bond donors (Lipinski definition) is 1. The highest BCUT2D eigenvalue weighted by molar-refractivity contribution is 5.80. The third-order valence-corrected chi connectivity index (χ3v) is 2.83. The van der Waals surface area contributed by atoms with Crippen molar-refractivity contribution in [2.45, 2.75) is 6.61 Å². The van der Waals surface area contributed by atoms with Crippen molar-refractivity contribution in [3.8, 4) is 11.5 Å². The summed E-state index contributed by atoms with van der Waals surface area (Å²) in [7, 11) is 1.61. The summed E-state index contributed by atoms with van der Waals surface area (Å²) in [5.74, 6) is 2.21. The van der Waals surface area contributed by atoms with Gasteiger partial charge in [0, 0.05) is 12.4 Å². The number of ether oxygens (including phenoxy) is 2. The summed E-state index contributed by atoms with van der Waals surface area (Å²) < 4.78 is 10.7. The number of rotatable bonds is 4. The van der Waals surface area contributed by atoms with E-state index in [0.29, 0.717) is 28.6 Å². The first-order chi connectivity index (χ1) is 10.3. The molecule has 2 aromatic heterocycles. The minimum atomic E-state index is 0.197. The maximum absolute atomic E-state index is 5.84. The largest absolute Gasteiger partial charge is 0.497 e. The van der Waals surface area contributed by atoms with E-state index in [4.69, 9.17) is 15.2 Å². The van der Waals surface area contributed by atoms with Crippen molar-refractivity contribution in [3.63, 3.8) is 0 Å². The van der Waals surface area contributed by atoms with Crippen molar-refractivity contribution in [1.82, 2.24) is 19.9 Å².